The Morgan fingerprint density at radius 1 is 1.03 bits per heavy atom. The van der Waals surface area contributed by atoms with Gasteiger partial charge in [-0.25, -0.2) is 9.59 Å². The molecule has 10 heteroatoms. The highest BCUT2D eigenvalue weighted by Gasteiger charge is 2.25. The Balaban J connectivity index is 1.82. The van der Waals surface area contributed by atoms with E-state index in [1.165, 1.54) is 7.11 Å². The molecule has 0 aliphatic heterocycles. The zero-order chi connectivity index (χ0) is 23.5. The Morgan fingerprint density at radius 3 is 2.31 bits per heavy atom. The largest absolute Gasteiger partial charge is 0.467 e. The molecule has 0 aliphatic carbocycles. The average Bonchev–Trinajstić information content (AvgIpc) is 2.78. The monoisotopic (exact) mass is 482 g/mol. The lowest BCUT2D eigenvalue weighted by Crippen LogP contribution is -2.45. The summed E-state index contributed by atoms with van der Waals surface area (Å²) in [6.45, 7) is -0.130. The molecule has 8 nitrogen and oxygen atoms in total. The van der Waals surface area contributed by atoms with Gasteiger partial charge in [0, 0.05) is 23.0 Å². The SMILES string of the molecule is COC(=O)[C@@H](Cc1c(Cl)cccc1Cl)NC(=O)C[C@@H](O)CNC(=O)OCc1ccccc1. The third kappa shape index (κ3) is 8.37. The number of carbonyl (C=O) groups excluding carboxylic acids is 3. The number of alkyl carbamates (subject to hydrolysis) is 1. The van der Waals surface area contributed by atoms with Crippen LogP contribution in [0.2, 0.25) is 10.0 Å². The molecule has 0 unspecified atom stereocenters. The molecule has 3 N–H and O–H groups in total. The molecule has 0 fully saturated rings. The standard InChI is InChI=1S/C22H24Cl2N2O6/c1-31-21(29)19(11-16-17(23)8-5-9-18(16)24)26-20(28)10-15(27)12-25-22(30)32-13-14-6-3-2-4-7-14/h2-9,15,19,27H,10-13H2,1H3,(H,25,30)(H,26,28)/t15-,19-/m1/s1. The predicted octanol–water partition coefficient (Wildman–Crippen LogP) is 2.87. The maximum Gasteiger partial charge on any atom is 0.407 e. The Morgan fingerprint density at radius 2 is 1.69 bits per heavy atom. The Labute approximate surface area is 195 Å². The minimum atomic E-state index is -1.19. The smallest absolute Gasteiger partial charge is 0.407 e. The van der Waals surface area contributed by atoms with Crippen molar-refractivity contribution < 1.29 is 29.0 Å². The van der Waals surface area contributed by atoms with E-state index in [-0.39, 0.29) is 26.0 Å². The summed E-state index contributed by atoms with van der Waals surface area (Å²) in [5, 5.41) is 15.6. The molecule has 0 saturated carbocycles. The van der Waals surface area contributed by atoms with Gasteiger partial charge in [-0.3, -0.25) is 4.79 Å². The van der Waals surface area contributed by atoms with Crippen LogP contribution < -0.4 is 10.6 Å². The van der Waals surface area contributed by atoms with Crippen LogP contribution in [0, 0.1) is 0 Å². The lowest BCUT2D eigenvalue weighted by molar-refractivity contribution is -0.145. The van der Waals surface area contributed by atoms with Crippen LogP contribution >= 0.6 is 23.2 Å². The van der Waals surface area contributed by atoms with E-state index < -0.39 is 30.1 Å². The van der Waals surface area contributed by atoms with Crippen molar-refractivity contribution in [3.8, 4) is 0 Å². The Hall–Kier alpha value is -2.81. The quantitative estimate of drug-likeness (QED) is 0.448. The van der Waals surface area contributed by atoms with Crippen molar-refractivity contribution in [2.24, 2.45) is 0 Å². The van der Waals surface area contributed by atoms with Crippen LogP contribution in [0.25, 0.3) is 0 Å². The van der Waals surface area contributed by atoms with Gasteiger partial charge in [0.1, 0.15) is 12.6 Å². The molecule has 2 aromatic carbocycles. The molecule has 172 valence electrons. The number of rotatable bonds is 10. The van der Waals surface area contributed by atoms with Gasteiger partial charge in [-0.2, -0.15) is 0 Å². The van der Waals surface area contributed by atoms with E-state index in [0.717, 1.165) is 5.56 Å². The van der Waals surface area contributed by atoms with Crippen molar-refractivity contribution in [3.05, 3.63) is 69.7 Å². The van der Waals surface area contributed by atoms with E-state index in [4.69, 9.17) is 32.7 Å². The zero-order valence-electron chi connectivity index (χ0n) is 17.3. The third-order valence-corrected chi connectivity index (χ3v) is 5.11. The third-order valence-electron chi connectivity index (χ3n) is 4.41. The first-order valence-corrected chi connectivity index (χ1v) is 10.5. The van der Waals surface area contributed by atoms with Crippen molar-refractivity contribution >= 4 is 41.2 Å². The van der Waals surface area contributed by atoms with Crippen LogP contribution in [0.4, 0.5) is 4.79 Å². The number of methoxy groups -OCH3 is 1. The lowest BCUT2D eigenvalue weighted by atomic mass is 10.1. The van der Waals surface area contributed by atoms with Gasteiger partial charge < -0.3 is 25.2 Å². The van der Waals surface area contributed by atoms with Crippen LogP contribution in [-0.4, -0.2) is 48.9 Å². The van der Waals surface area contributed by atoms with Crippen molar-refractivity contribution in [1.82, 2.24) is 10.6 Å². The maximum absolute atomic E-state index is 12.3. The minimum Gasteiger partial charge on any atom is -0.467 e. The highest BCUT2D eigenvalue weighted by Crippen LogP contribution is 2.25. The molecule has 2 aromatic rings. The van der Waals surface area contributed by atoms with E-state index in [1.54, 1.807) is 30.3 Å². The number of aliphatic hydroxyl groups excluding tert-OH is 1. The van der Waals surface area contributed by atoms with Crippen LogP contribution in [0.3, 0.4) is 0 Å². The topological polar surface area (TPSA) is 114 Å². The van der Waals surface area contributed by atoms with E-state index in [1.807, 2.05) is 18.2 Å². The number of ether oxygens (including phenoxy) is 2. The fraction of sp³-hybridized carbons (Fsp3) is 0.318. The molecule has 2 rings (SSSR count). The number of carbonyl (C=O) groups is 3. The number of aliphatic hydroxyl groups is 1. The second-order valence-corrected chi connectivity index (χ2v) is 7.66. The number of amides is 2. The lowest BCUT2D eigenvalue weighted by Gasteiger charge is -2.19. The van der Waals surface area contributed by atoms with Crippen molar-refractivity contribution in [3.63, 3.8) is 0 Å². The number of esters is 1. The van der Waals surface area contributed by atoms with Gasteiger partial charge in [0.05, 0.1) is 19.6 Å². The normalized spacial score (nSPS) is 12.4. The van der Waals surface area contributed by atoms with E-state index in [9.17, 15) is 19.5 Å². The highest BCUT2D eigenvalue weighted by molar-refractivity contribution is 6.36. The van der Waals surface area contributed by atoms with Gasteiger partial charge in [0.2, 0.25) is 5.91 Å². The van der Waals surface area contributed by atoms with Gasteiger partial charge in [-0.05, 0) is 23.3 Å². The molecule has 0 radical (unpaired) electrons. The fourth-order valence-electron chi connectivity index (χ4n) is 2.78. The van der Waals surface area contributed by atoms with E-state index in [2.05, 4.69) is 10.6 Å². The van der Waals surface area contributed by atoms with E-state index in [0.29, 0.717) is 15.6 Å². The molecule has 0 spiro atoms. The molecule has 32 heavy (non-hydrogen) atoms. The molecule has 0 saturated heterocycles. The van der Waals surface area contributed by atoms with Gasteiger partial charge in [-0.1, -0.05) is 59.6 Å². The van der Waals surface area contributed by atoms with Crippen LogP contribution in [0.5, 0.6) is 0 Å². The molecule has 0 aliphatic rings. The number of hydrogen-bond acceptors (Lipinski definition) is 6. The molecule has 0 bridgehead atoms. The van der Waals surface area contributed by atoms with Gasteiger partial charge in [0.15, 0.2) is 0 Å². The van der Waals surface area contributed by atoms with Crippen LogP contribution in [-0.2, 0) is 32.1 Å². The predicted molar refractivity (Wildman–Crippen MR) is 119 cm³/mol. The minimum absolute atomic E-state index is 0.0110. The van der Waals surface area contributed by atoms with Gasteiger partial charge in [-0.15, -0.1) is 0 Å². The van der Waals surface area contributed by atoms with Crippen molar-refractivity contribution in [2.45, 2.75) is 31.6 Å². The average molecular weight is 483 g/mol. The highest BCUT2D eigenvalue weighted by atomic mass is 35.5. The second kappa shape index (κ2) is 12.9. The maximum atomic E-state index is 12.3. The summed E-state index contributed by atoms with van der Waals surface area (Å²) in [6, 6.07) is 12.9. The second-order valence-electron chi connectivity index (χ2n) is 6.85. The molecule has 2 amide bonds. The zero-order valence-corrected chi connectivity index (χ0v) is 18.9. The van der Waals surface area contributed by atoms with Gasteiger partial charge in [0.25, 0.3) is 0 Å². The molecule has 0 heterocycles. The molecular weight excluding hydrogens is 459 g/mol. The first kappa shape index (κ1) is 25.5. The summed E-state index contributed by atoms with van der Waals surface area (Å²) < 4.78 is 9.77. The van der Waals surface area contributed by atoms with Gasteiger partial charge >= 0.3 is 12.1 Å². The van der Waals surface area contributed by atoms with Crippen LogP contribution in [0.1, 0.15) is 17.5 Å². The summed E-state index contributed by atoms with van der Waals surface area (Å²) in [7, 11) is 1.19. The Bertz CT molecular complexity index is 906. The molecule has 0 aromatic heterocycles. The number of halogens is 2. The first-order chi connectivity index (χ1) is 15.3. The number of hydrogen-bond donors (Lipinski definition) is 3. The summed E-state index contributed by atoms with van der Waals surface area (Å²) in [4.78, 5) is 36.2. The summed E-state index contributed by atoms with van der Waals surface area (Å²) in [5.41, 5.74) is 1.30. The number of nitrogens with one attached hydrogen (secondary N) is 2. The Kier molecular flexibility index (Phi) is 10.3. The summed E-state index contributed by atoms with van der Waals surface area (Å²) >= 11 is 12.3. The van der Waals surface area contributed by atoms with E-state index >= 15 is 0 Å². The van der Waals surface area contributed by atoms with Crippen molar-refractivity contribution in [2.75, 3.05) is 13.7 Å². The fourth-order valence-corrected chi connectivity index (χ4v) is 3.33. The summed E-state index contributed by atoms with van der Waals surface area (Å²) in [6.07, 6.45) is -2.27. The summed E-state index contributed by atoms with van der Waals surface area (Å²) in [5.74, 6) is -1.30. The number of benzene rings is 2. The van der Waals surface area contributed by atoms with Crippen molar-refractivity contribution in [1.29, 1.82) is 0 Å². The van der Waals surface area contributed by atoms with Crippen LogP contribution in [0.15, 0.2) is 48.5 Å². The molecule has 2 atom stereocenters. The molecular formula is C22H24Cl2N2O6. The first-order valence-electron chi connectivity index (χ1n) is 9.72.